The number of aromatic carboxylic acids is 1. The van der Waals surface area contributed by atoms with Crippen molar-refractivity contribution in [2.45, 2.75) is 19.0 Å². The quantitative estimate of drug-likeness (QED) is 0.433. The van der Waals surface area contributed by atoms with Crippen molar-refractivity contribution in [1.82, 2.24) is 14.7 Å². The molecular weight excluding hydrogens is 474 g/mol. The van der Waals surface area contributed by atoms with Gasteiger partial charge in [-0.15, -0.1) is 0 Å². The van der Waals surface area contributed by atoms with E-state index in [1.165, 1.54) is 12.1 Å². The number of carboxylic acid groups (broad SMARTS) is 1. The summed E-state index contributed by atoms with van der Waals surface area (Å²) in [4.78, 5) is 40.4. The molecule has 3 aromatic carbocycles. The number of amides is 1. The van der Waals surface area contributed by atoms with Crippen LogP contribution < -0.4 is 15.0 Å². The van der Waals surface area contributed by atoms with Crippen molar-refractivity contribution in [2.75, 3.05) is 20.8 Å². The molecule has 2 heterocycles. The highest BCUT2D eigenvalue weighted by Gasteiger charge is 2.34. The lowest BCUT2D eigenvalue weighted by Crippen LogP contribution is -2.44. The van der Waals surface area contributed by atoms with Gasteiger partial charge in [0.05, 0.1) is 25.6 Å². The monoisotopic (exact) mass is 499 g/mol. The molecule has 0 saturated carbocycles. The van der Waals surface area contributed by atoms with Gasteiger partial charge in [0.25, 0.3) is 5.56 Å². The first-order chi connectivity index (χ1) is 17.9. The Bertz CT molecular complexity index is 1560. The van der Waals surface area contributed by atoms with Gasteiger partial charge in [0.2, 0.25) is 5.91 Å². The molecule has 37 heavy (non-hydrogen) atoms. The van der Waals surface area contributed by atoms with Crippen LogP contribution in [0, 0.1) is 0 Å². The second-order valence-electron chi connectivity index (χ2n) is 8.72. The molecule has 0 spiro atoms. The average molecular weight is 500 g/mol. The number of aromatic nitrogens is 2. The number of hydrogen-bond donors (Lipinski definition) is 1. The number of nitrogens with zero attached hydrogens (tertiary/aromatic N) is 3. The van der Waals surface area contributed by atoms with Crippen LogP contribution in [0.2, 0.25) is 0 Å². The van der Waals surface area contributed by atoms with E-state index in [-0.39, 0.29) is 22.4 Å². The largest absolute Gasteiger partial charge is 0.493 e. The molecule has 1 amide bonds. The lowest BCUT2D eigenvalue weighted by Gasteiger charge is -2.38. The van der Waals surface area contributed by atoms with Crippen LogP contribution in [-0.4, -0.2) is 52.4 Å². The third-order valence-corrected chi connectivity index (χ3v) is 6.66. The van der Waals surface area contributed by atoms with Gasteiger partial charge in [0.1, 0.15) is 6.54 Å². The van der Waals surface area contributed by atoms with Crippen LogP contribution in [0.25, 0.3) is 10.8 Å². The molecule has 188 valence electrons. The van der Waals surface area contributed by atoms with Crippen molar-refractivity contribution < 1.29 is 24.2 Å². The summed E-state index contributed by atoms with van der Waals surface area (Å²) in [5, 5.41) is 14.2. The molecule has 9 heteroatoms. The van der Waals surface area contributed by atoms with Crippen molar-refractivity contribution in [2.24, 2.45) is 0 Å². The van der Waals surface area contributed by atoms with Gasteiger partial charge in [-0.05, 0) is 41.3 Å². The Labute approximate surface area is 212 Å². The summed E-state index contributed by atoms with van der Waals surface area (Å²) >= 11 is 0. The topological polar surface area (TPSA) is 111 Å². The van der Waals surface area contributed by atoms with Crippen LogP contribution in [-0.2, 0) is 17.8 Å². The normalized spacial score (nSPS) is 14.8. The minimum Gasteiger partial charge on any atom is -0.493 e. The van der Waals surface area contributed by atoms with E-state index in [2.05, 4.69) is 5.10 Å². The van der Waals surface area contributed by atoms with Crippen LogP contribution in [0.3, 0.4) is 0 Å². The molecule has 1 N–H and O–H groups in total. The Balaban J connectivity index is 1.58. The molecule has 0 bridgehead atoms. The van der Waals surface area contributed by atoms with E-state index in [0.717, 1.165) is 21.4 Å². The fourth-order valence-electron chi connectivity index (χ4n) is 4.93. The average Bonchev–Trinajstić information content (AvgIpc) is 2.93. The predicted octanol–water partition coefficient (Wildman–Crippen LogP) is 3.29. The molecule has 1 aromatic heterocycles. The molecule has 4 aromatic rings. The number of ether oxygens (including phenoxy) is 2. The predicted molar refractivity (Wildman–Crippen MR) is 136 cm³/mol. The van der Waals surface area contributed by atoms with Gasteiger partial charge in [0.15, 0.2) is 17.2 Å². The number of carbonyl (C=O) groups is 2. The van der Waals surface area contributed by atoms with Crippen molar-refractivity contribution in [1.29, 1.82) is 0 Å². The van der Waals surface area contributed by atoms with Crippen molar-refractivity contribution in [3.05, 3.63) is 99.5 Å². The summed E-state index contributed by atoms with van der Waals surface area (Å²) in [6, 6.07) is 19.3. The first-order valence-electron chi connectivity index (χ1n) is 11.7. The number of carboxylic acids is 1. The lowest BCUT2D eigenvalue weighted by molar-refractivity contribution is -0.134. The van der Waals surface area contributed by atoms with Gasteiger partial charge >= 0.3 is 5.97 Å². The highest BCUT2D eigenvalue weighted by atomic mass is 16.5. The van der Waals surface area contributed by atoms with E-state index in [1.54, 1.807) is 31.3 Å². The maximum atomic E-state index is 13.7. The fourth-order valence-corrected chi connectivity index (χ4v) is 4.93. The molecule has 9 nitrogen and oxygen atoms in total. The van der Waals surface area contributed by atoms with Crippen LogP contribution in [0.15, 0.2) is 71.5 Å². The van der Waals surface area contributed by atoms with Gasteiger partial charge in [-0.1, -0.05) is 48.5 Å². The Hall–Kier alpha value is -4.66. The van der Waals surface area contributed by atoms with Crippen LogP contribution in [0.4, 0.5) is 0 Å². The number of carbonyl (C=O) groups excluding carboxylic acids is 1. The van der Waals surface area contributed by atoms with Gasteiger partial charge < -0.3 is 19.5 Å². The number of rotatable bonds is 6. The molecule has 0 unspecified atom stereocenters. The van der Waals surface area contributed by atoms with E-state index >= 15 is 0 Å². The third-order valence-electron chi connectivity index (χ3n) is 6.66. The molecule has 5 rings (SSSR count). The van der Waals surface area contributed by atoms with Crippen LogP contribution in [0.5, 0.6) is 11.5 Å². The standard InChI is InChI=1S/C28H25N3O6/c1-36-22-14-18-12-13-30(26(17-8-4-3-5-9-17)21(18)15-23(22)37-2)24(32)16-31-27(33)20-11-7-6-10-19(20)25(29-31)28(34)35/h3-11,14-15,26H,12-13,16H2,1-2H3,(H,34,35)/t26-/m0/s1. The van der Waals surface area contributed by atoms with E-state index in [9.17, 15) is 19.5 Å². The summed E-state index contributed by atoms with van der Waals surface area (Å²) in [7, 11) is 3.14. The molecule has 0 radical (unpaired) electrons. The molecular formula is C28H25N3O6. The molecule has 1 aliphatic rings. The minimum absolute atomic E-state index is 0.197. The fraction of sp³-hybridized carbons (Fsp3) is 0.214. The maximum absolute atomic E-state index is 13.7. The zero-order chi connectivity index (χ0) is 26.1. The highest BCUT2D eigenvalue weighted by Crippen LogP contribution is 2.41. The summed E-state index contributed by atoms with van der Waals surface area (Å²) in [6.07, 6.45) is 0.575. The first kappa shape index (κ1) is 24.1. The molecule has 1 atom stereocenters. The Morgan fingerprint density at radius 1 is 0.973 bits per heavy atom. The van der Waals surface area contributed by atoms with E-state index in [0.29, 0.717) is 24.5 Å². The SMILES string of the molecule is COc1cc2c(cc1OC)[C@H](c1ccccc1)N(C(=O)Cn1nc(C(=O)O)c3ccccc3c1=O)CC2. The summed E-state index contributed by atoms with van der Waals surface area (Å²) in [5.41, 5.74) is 2.03. The number of fused-ring (bicyclic) bond motifs is 2. The van der Waals surface area contributed by atoms with Gasteiger partial charge in [-0.3, -0.25) is 9.59 Å². The second-order valence-corrected chi connectivity index (χ2v) is 8.72. The van der Waals surface area contributed by atoms with E-state index < -0.39 is 24.1 Å². The Morgan fingerprint density at radius 2 is 1.62 bits per heavy atom. The van der Waals surface area contributed by atoms with E-state index in [4.69, 9.17) is 9.47 Å². The Kier molecular flexibility index (Phi) is 6.35. The van der Waals surface area contributed by atoms with Gasteiger partial charge in [0, 0.05) is 11.9 Å². The minimum atomic E-state index is -1.27. The van der Waals surface area contributed by atoms with Crippen molar-refractivity contribution in [3.63, 3.8) is 0 Å². The van der Waals surface area contributed by atoms with Crippen molar-refractivity contribution in [3.8, 4) is 11.5 Å². The summed E-state index contributed by atoms with van der Waals surface area (Å²) < 4.78 is 12.0. The first-order valence-corrected chi connectivity index (χ1v) is 11.7. The van der Waals surface area contributed by atoms with E-state index in [1.807, 2.05) is 42.5 Å². The maximum Gasteiger partial charge on any atom is 0.357 e. The smallest absolute Gasteiger partial charge is 0.357 e. The number of hydrogen-bond acceptors (Lipinski definition) is 6. The highest BCUT2D eigenvalue weighted by molar-refractivity contribution is 6.01. The zero-order valence-corrected chi connectivity index (χ0v) is 20.4. The number of benzene rings is 3. The van der Waals surface area contributed by atoms with Crippen LogP contribution >= 0.6 is 0 Å². The summed E-state index contributed by atoms with van der Waals surface area (Å²) in [5.74, 6) is -0.459. The van der Waals surface area contributed by atoms with Crippen molar-refractivity contribution >= 4 is 22.6 Å². The van der Waals surface area contributed by atoms with Crippen LogP contribution in [0.1, 0.15) is 33.2 Å². The lowest BCUT2D eigenvalue weighted by atomic mass is 9.87. The molecule has 0 saturated heterocycles. The zero-order valence-electron chi connectivity index (χ0n) is 20.4. The summed E-state index contributed by atoms with van der Waals surface area (Å²) in [6.45, 7) is 0.00486. The van der Waals surface area contributed by atoms with Gasteiger partial charge in [-0.2, -0.15) is 5.10 Å². The number of methoxy groups -OCH3 is 2. The molecule has 0 aliphatic carbocycles. The van der Waals surface area contributed by atoms with Gasteiger partial charge in [-0.25, -0.2) is 9.48 Å². The Morgan fingerprint density at radius 3 is 2.30 bits per heavy atom. The molecule has 0 fully saturated rings. The second kappa shape index (κ2) is 9.77. The third kappa shape index (κ3) is 4.29. The molecule has 1 aliphatic heterocycles.